The van der Waals surface area contributed by atoms with Gasteiger partial charge in [-0.3, -0.25) is 0 Å². The van der Waals surface area contributed by atoms with Gasteiger partial charge in [-0.25, -0.2) is 0 Å². The molecule has 96 valence electrons. The molecule has 3 N–H and O–H groups in total. The van der Waals surface area contributed by atoms with E-state index >= 15 is 0 Å². The average Bonchev–Trinajstić information content (AvgIpc) is 2.55. The normalized spacial score (nSPS) is 31.9. The van der Waals surface area contributed by atoms with Gasteiger partial charge < -0.3 is 15.8 Å². The lowest BCUT2D eigenvalue weighted by Crippen LogP contribution is -2.48. The molecule has 3 unspecified atom stereocenters. The Morgan fingerprint density at radius 3 is 2.81 bits per heavy atom. The molecule has 3 heteroatoms. The van der Waals surface area contributed by atoms with E-state index in [0.717, 1.165) is 38.5 Å². The number of hydrogen-bond acceptors (Lipinski definition) is 3. The molecule has 3 nitrogen and oxygen atoms in total. The highest BCUT2D eigenvalue weighted by Crippen LogP contribution is 2.25. The largest absolute Gasteiger partial charge is 0.377 e. The van der Waals surface area contributed by atoms with Gasteiger partial charge in [0.25, 0.3) is 0 Å². The maximum atomic E-state index is 5.61. The lowest BCUT2D eigenvalue weighted by atomic mass is 9.94. The van der Waals surface area contributed by atoms with Crippen LogP contribution in [0.2, 0.25) is 0 Å². The first-order chi connectivity index (χ1) is 7.58. The van der Waals surface area contributed by atoms with Crippen LogP contribution in [0.5, 0.6) is 0 Å². The zero-order chi connectivity index (χ0) is 12.0. The highest BCUT2D eigenvalue weighted by Gasteiger charge is 2.35. The van der Waals surface area contributed by atoms with Gasteiger partial charge in [-0.1, -0.05) is 6.92 Å². The predicted octanol–water partition coefficient (Wildman–Crippen LogP) is 1.91. The fraction of sp³-hybridized carbons (Fsp3) is 1.00. The maximum absolute atomic E-state index is 5.61. The van der Waals surface area contributed by atoms with Crippen LogP contribution in [0.1, 0.15) is 46.5 Å². The fourth-order valence-electron chi connectivity index (χ4n) is 2.32. The van der Waals surface area contributed by atoms with Gasteiger partial charge in [-0.2, -0.15) is 0 Å². The van der Waals surface area contributed by atoms with Crippen LogP contribution in [0.4, 0.5) is 0 Å². The van der Waals surface area contributed by atoms with Crippen LogP contribution in [0.25, 0.3) is 0 Å². The maximum Gasteiger partial charge on any atom is 0.0726 e. The van der Waals surface area contributed by atoms with Crippen molar-refractivity contribution in [3.8, 4) is 0 Å². The first kappa shape index (κ1) is 13.9. The highest BCUT2D eigenvalue weighted by molar-refractivity contribution is 4.93. The molecule has 0 saturated carbocycles. The highest BCUT2D eigenvalue weighted by atomic mass is 16.5. The molecular weight excluding hydrogens is 200 g/mol. The van der Waals surface area contributed by atoms with Crippen molar-refractivity contribution in [2.24, 2.45) is 11.7 Å². The summed E-state index contributed by atoms with van der Waals surface area (Å²) in [6.07, 6.45) is 5.14. The summed E-state index contributed by atoms with van der Waals surface area (Å²) in [5.41, 5.74) is 5.73. The topological polar surface area (TPSA) is 47.3 Å². The van der Waals surface area contributed by atoms with Crippen LogP contribution in [0.15, 0.2) is 0 Å². The predicted molar refractivity (Wildman–Crippen MR) is 68.5 cm³/mol. The zero-order valence-electron chi connectivity index (χ0n) is 11.1. The third-order valence-corrected chi connectivity index (χ3v) is 3.95. The van der Waals surface area contributed by atoms with E-state index in [2.05, 4.69) is 26.1 Å². The molecule has 0 aromatic heterocycles. The van der Waals surface area contributed by atoms with E-state index in [1.807, 2.05) is 0 Å². The van der Waals surface area contributed by atoms with Gasteiger partial charge in [-0.05, 0) is 58.5 Å². The molecule has 1 aliphatic rings. The van der Waals surface area contributed by atoms with Crippen molar-refractivity contribution in [3.63, 3.8) is 0 Å². The summed E-state index contributed by atoms with van der Waals surface area (Å²) in [6.45, 7) is 9.53. The average molecular weight is 228 g/mol. The van der Waals surface area contributed by atoms with Crippen LogP contribution < -0.4 is 11.1 Å². The number of nitrogens with two attached hydrogens (primary N) is 1. The molecule has 0 amide bonds. The quantitative estimate of drug-likeness (QED) is 0.654. The molecule has 1 heterocycles. The Balaban J connectivity index is 2.11. The van der Waals surface area contributed by atoms with E-state index in [-0.39, 0.29) is 5.54 Å². The standard InChI is InChI=1S/C13H28N2O/c1-11(6-8-14)5-4-9-15-13(3)7-10-16-12(13)2/h11-12,15H,4-10,14H2,1-3H3. The van der Waals surface area contributed by atoms with E-state index in [0.29, 0.717) is 6.10 Å². The summed E-state index contributed by atoms with van der Waals surface area (Å²) in [5.74, 6) is 0.761. The second-order valence-electron chi connectivity index (χ2n) is 5.43. The van der Waals surface area contributed by atoms with Crippen LogP contribution >= 0.6 is 0 Å². The molecule has 16 heavy (non-hydrogen) atoms. The van der Waals surface area contributed by atoms with Crippen molar-refractivity contribution in [1.29, 1.82) is 0 Å². The molecule has 0 spiro atoms. The molecule has 0 radical (unpaired) electrons. The van der Waals surface area contributed by atoms with Crippen LogP contribution in [-0.2, 0) is 4.74 Å². The Morgan fingerprint density at radius 1 is 1.50 bits per heavy atom. The molecule has 3 atom stereocenters. The molecule has 1 rings (SSSR count). The van der Waals surface area contributed by atoms with Crippen molar-refractivity contribution in [1.82, 2.24) is 5.32 Å². The third kappa shape index (κ3) is 4.04. The molecule has 0 bridgehead atoms. The van der Waals surface area contributed by atoms with E-state index in [1.165, 1.54) is 12.8 Å². The molecule has 0 aromatic carbocycles. The number of nitrogens with one attached hydrogen (secondary N) is 1. The van der Waals surface area contributed by atoms with Gasteiger partial charge in [0.15, 0.2) is 0 Å². The van der Waals surface area contributed by atoms with Gasteiger partial charge >= 0.3 is 0 Å². The lowest BCUT2D eigenvalue weighted by molar-refractivity contribution is 0.0885. The second-order valence-corrected chi connectivity index (χ2v) is 5.43. The first-order valence-corrected chi connectivity index (χ1v) is 6.65. The Hall–Kier alpha value is -0.120. The molecular formula is C13H28N2O. The van der Waals surface area contributed by atoms with E-state index in [9.17, 15) is 0 Å². The van der Waals surface area contributed by atoms with Crippen LogP contribution in [0, 0.1) is 5.92 Å². The van der Waals surface area contributed by atoms with Gasteiger partial charge in [0.05, 0.1) is 6.10 Å². The summed E-state index contributed by atoms with van der Waals surface area (Å²) >= 11 is 0. The molecule has 1 fully saturated rings. The molecule has 1 aliphatic heterocycles. The van der Waals surface area contributed by atoms with Crippen LogP contribution in [-0.4, -0.2) is 31.3 Å². The summed E-state index contributed by atoms with van der Waals surface area (Å²) in [4.78, 5) is 0. The van der Waals surface area contributed by atoms with Crippen molar-refractivity contribution < 1.29 is 4.74 Å². The Bertz CT molecular complexity index is 198. The van der Waals surface area contributed by atoms with Gasteiger partial charge in [0.2, 0.25) is 0 Å². The minimum atomic E-state index is 0.192. The first-order valence-electron chi connectivity index (χ1n) is 6.65. The fourth-order valence-corrected chi connectivity index (χ4v) is 2.32. The minimum Gasteiger partial charge on any atom is -0.377 e. The van der Waals surface area contributed by atoms with Gasteiger partial charge in [-0.15, -0.1) is 0 Å². The zero-order valence-corrected chi connectivity index (χ0v) is 11.1. The number of ether oxygens (including phenoxy) is 1. The Morgan fingerprint density at radius 2 is 2.25 bits per heavy atom. The number of hydrogen-bond donors (Lipinski definition) is 2. The SMILES string of the molecule is CC(CCN)CCCNC1(C)CCOC1C. The van der Waals surface area contributed by atoms with Crippen molar-refractivity contribution in [2.75, 3.05) is 19.7 Å². The molecule has 1 saturated heterocycles. The third-order valence-electron chi connectivity index (χ3n) is 3.95. The van der Waals surface area contributed by atoms with E-state index < -0.39 is 0 Å². The molecule has 0 aliphatic carbocycles. The summed E-state index contributed by atoms with van der Waals surface area (Å²) < 4.78 is 5.61. The van der Waals surface area contributed by atoms with Gasteiger partial charge in [0, 0.05) is 12.1 Å². The number of rotatable bonds is 7. The van der Waals surface area contributed by atoms with Gasteiger partial charge in [0.1, 0.15) is 0 Å². The van der Waals surface area contributed by atoms with Crippen molar-refractivity contribution in [2.45, 2.75) is 58.1 Å². The van der Waals surface area contributed by atoms with Crippen LogP contribution in [0.3, 0.4) is 0 Å². The minimum absolute atomic E-state index is 0.192. The summed E-state index contributed by atoms with van der Waals surface area (Å²) in [7, 11) is 0. The smallest absolute Gasteiger partial charge is 0.0726 e. The van der Waals surface area contributed by atoms with E-state index in [4.69, 9.17) is 10.5 Å². The Labute approximate surface area is 100 Å². The van der Waals surface area contributed by atoms with E-state index in [1.54, 1.807) is 0 Å². The summed E-state index contributed by atoms with van der Waals surface area (Å²) in [5, 5.41) is 3.65. The van der Waals surface area contributed by atoms with Crippen molar-refractivity contribution >= 4 is 0 Å². The molecule has 0 aromatic rings. The monoisotopic (exact) mass is 228 g/mol. The summed E-state index contributed by atoms with van der Waals surface area (Å²) in [6, 6.07) is 0. The lowest BCUT2D eigenvalue weighted by Gasteiger charge is -2.29. The Kier molecular flexibility index (Phi) is 5.73. The second kappa shape index (κ2) is 6.58. The van der Waals surface area contributed by atoms with Crippen molar-refractivity contribution in [3.05, 3.63) is 0 Å².